The van der Waals surface area contributed by atoms with Gasteiger partial charge in [0.25, 0.3) is 5.91 Å². The van der Waals surface area contributed by atoms with Crippen molar-refractivity contribution in [3.05, 3.63) is 33.7 Å². The van der Waals surface area contributed by atoms with Crippen LogP contribution in [0.15, 0.2) is 28.8 Å². The van der Waals surface area contributed by atoms with Crippen molar-refractivity contribution >= 4 is 23.3 Å². The van der Waals surface area contributed by atoms with Crippen molar-refractivity contribution in [1.82, 2.24) is 15.5 Å². The molecule has 0 aromatic carbocycles. The Kier molecular flexibility index (Phi) is 4.44. The molecule has 3 amide bonds. The first kappa shape index (κ1) is 14.6. The van der Waals surface area contributed by atoms with Crippen molar-refractivity contribution in [2.24, 2.45) is 0 Å². The van der Waals surface area contributed by atoms with Gasteiger partial charge in [0.2, 0.25) is 0 Å². The molecule has 0 aliphatic carbocycles. The van der Waals surface area contributed by atoms with E-state index in [9.17, 15) is 9.59 Å². The van der Waals surface area contributed by atoms with E-state index in [4.69, 9.17) is 0 Å². The third-order valence-corrected chi connectivity index (χ3v) is 4.32. The average molecular weight is 293 g/mol. The minimum atomic E-state index is -0.364. The number of hydrogen-bond donors (Lipinski definition) is 2. The highest BCUT2D eigenvalue weighted by Gasteiger charge is 2.33. The zero-order valence-electron chi connectivity index (χ0n) is 11.9. The molecule has 1 aliphatic heterocycles. The second kappa shape index (κ2) is 6.09. The highest BCUT2D eigenvalue weighted by molar-refractivity contribution is 7.10. The summed E-state index contributed by atoms with van der Waals surface area (Å²) in [6.07, 6.45) is 0. The molecule has 1 atom stereocenters. The molecule has 1 aromatic rings. The largest absolute Gasteiger partial charge is 0.339 e. The zero-order chi connectivity index (χ0) is 14.7. The van der Waals surface area contributed by atoms with Gasteiger partial charge in [0.1, 0.15) is 0 Å². The van der Waals surface area contributed by atoms with Crippen LogP contribution in [-0.4, -0.2) is 29.9 Å². The predicted octanol–water partition coefficient (Wildman–Crippen LogP) is 2.24. The monoisotopic (exact) mass is 293 g/mol. The maximum Gasteiger partial charge on any atom is 0.319 e. The first-order chi connectivity index (χ1) is 9.58. The van der Waals surface area contributed by atoms with E-state index < -0.39 is 0 Å². The highest BCUT2D eigenvalue weighted by atomic mass is 32.1. The van der Waals surface area contributed by atoms with Gasteiger partial charge >= 0.3 is 6.03 Å². The van der Waals surface area contributed by atoms with Gasteiger partial charge in [-0.15, -0.1) is 11.3 Å². The minimum absolute atomic E-state index is 0.0293. The third-order valence-electron chi connectivity index (χ3n) is 3.38. The number of rotatable bonds is 4. The second-order valence-corrected chi connectivity index (χ2v) is 5.54. The molecule has 0 fully saturated rings. The van der Waals surface area contributed by atoms with Crippen molar-refractivity contribution in [3.8, 4) is 0 Å². The van der Waals surface area contributed by atoms with E-state index in [1.807, 2.05) is 31.4 Å². The summed E-state index contributed by atoms with van der Waals surface area (Å²) in [5.74, 6) is -0.0293. The first-order valence-corrected chi connectivity index (χ1v) is 7.57. The van der Waals surface area contributed by atoms with E-state index in [0.29, 0.717) is 24.4 Å². The Balaban J connectivity index is 2.41. The lowest BCUT2D eigenvalue weighted by molar-refractivity contribution is -0.127. The molecule has 0 saturated heterocycles. The van der Waals surface area contributed by atoms with Gasteiger partial charge in [-0.05, 0) is 32.2 Å². The Bertz CT molecular complexity index is 533. The third kappa shape index (κ3) is 2.70. The summed E-state index contributed by atoms with van der Waals surface area (Å²) in [5.41, 5.74) is 1.25. The molecule has 2 rings (SSSR count). The van der Waals surface area contributed by atoms with Crippen molar-refractivity contribution in [2.75, 3.05) is 13.1 Å². The van der Waals surface area contributed by atoms with Crippen LogP contribution in [0.1, 0.15) is 31.7 Å². The van der Waals surface area contributed by atoms with Crippen LogP contribution in [0.25, 0.3) is 0 Å². The SMILES string of the molecule is CCN(CC)C(=O)C1=C(C)NC(=O)NC1c1cccs1. The Morgan fingerprint density at radius 2 is 2.10 bits per heavy atom. The van der Waals surface area contributed by atoms with Crippen molar-refractivity contribution in [2.45, 2.75) is 26.8 Å². The number of amides is 3. The summed E-state index contributed by atoms with van der Waals surface area (Å²) in [6.45, 7) is 6.98. The number of nitrogens with zero attached hydrogens (tertiary/aromatic N) is 1. The Morgan fingerprint density at radius 3 is 2.65 bits per heavy atom. The smallest absolute Gasteiger partial charge is 0.319 e. The molecule has 108 valence electrons. The maximum atomic E-state index is 12.7. The summed E-state index contributed by atoms with van der Waals surface area (Å²) in [7, 11) is 0. The molecule has 0 spiro atoms. The van der Waals surface area contributed by atoms with E-state index in [1.165, 1.54) is 11.3 Å². The number of carbonyl (C=O) groups is 2. The quantitative estimate of drug-likeness (QED) is 0.894. The van der Waals surface area contributed by atoms with Crippen LogP contribution in [0.3, 0.4) is 0 Å². The van der Waals surface area contributed by atoms with Gasteiger partial charge in [-0.25, -0.2) is 4.79 Å². The Hall–Kier alpha value is -1.82. The molecule has 5 nitrogen and oxygen atoms in total. The summed E-state index contributed by atoms with van der Waals surface area (Å²) < 4.78 is 0. The van der Waals surface area contributed by atoms with Gasteiger partial charge in [0.15, 0.2) is 0 Å². The molecule has 0 radical (unpaired) electrons. The van der Waals surface area contributed by atoms with E-state index >= 15 is 0 Å². The van der Waals surface area contributed by atoms with Crippen LogP contribution in [-0.2, 0) is 4.79 Å². The summed E-state index contributed by atoms with van der Waals surface area (Å²) in [5, 5.41) is 7.47. The van der Waals surface area contributed by atoms with Gasteiger partial charge in [-0.3, -0.25) is 4.79 Å². The summed E-state index contributed by atoms with van der Waals surface area (Å²) >= 11 is 1.53. The molecule has 1 aliphatic rings. The molecule has 1 aromatic heterocycles. The predicted molar refractivity (Wildman–Crippen MR) is 79.4 cm³/mol. The molecule has 0 saturated carbocycles. The summed E-state index contributed by atoms with van der Waals surface area (Å²) in [6, 6.07) is 3.22. The van der Waals surface area contributed by atoms with Crippen LogP contribution in [0, 0.1) is 0 Å². The van der Waals surface area contributed by atoms with E-state index in [-0.39, 0.29) is 18.0 Å². The fourth-order valence-corrected chi connectivity index (χ4v) is 3.11. The fourth-order valence-electron chi connectivity index (χ4n) is 2.33. The van der Waals surface area contributed by atoms with Crippen molar-refractivity contribution < 1.29 is 9.59 Å². The lowest BCUT2D eigenvalue weighted by atomic mass is 10.00. The topological polar surface area (TPSA) is 61.4 Å². The average Bonchev–Trinajstić information content (AvgIpc) is 2.92. The molecule has 6 heteroatoms. The first-order valence-electron chi connectivity index (χ1n) is 6.69. The van der Waals surface area contributed by atoms with Crippen LogP contribution in [0.2, 0.25) is 0 Å². The van der Waals surface area contributed by atoms with E-state index in [0.717, 1.165) is 4.88 Å². The Morgan fingerprint density at radius 1 is 1.40 bits per heavy atom. The Labute approximate surface area is 122 Å². The number of nitrogens with one attached hydrogen (secondary N) is 2. The number of urea groups is 1. The lowest BCUT2D eigenvalue weighted by Crippen LogP contribution is -2.47. The molecule has 2 heterocycles. The number of hydrogen-bond acceptors (Lipinski definition) is 3. The summed E-state index contributed by atoms with van der Waals surface area (Å²) in [4.78, 5) is 27.1. The molecular formula is C14H19N3O2S. The van der Waals surface area contributed by atoms with Crippen molar-refractivity contribution in [1.29, 1.82) is 0 Å². The van der Waals surface area contributed by atoms with Crippen LogP contribution < -0.4 is 10.6 Å². The van der Waals surface area contributed by atoms with Crippen LogP contribution in [0.4, 0.5) is 4.79 Å². The van der Waals surface area contributed by atoms with Gasteiger partial charge < -0.3 is 15.5 Å². The fraction of sp³-hybridized carbons (Fsp3) is 0.429. The second-order valence-electron chi connectivity index (χ2n) is 4.56. The number of carbonyl (C=O) groups excluding carboxylic acids is 2. The highest BCUT2D eigenvalue weighted by Crippen LogP contribution is 2.30. The molecule has 2 N–H and O–H groups in total. The lowest BCUT2D eigenvalue weighted by Gasteiger charge is -2.30. The van der Waals surface area contributed by atoms with Gasteiger partial charge in [0, 0.05) is 23.7 Å². The van der Waals surface area contributed by atoms with Gasteiger partial charge in [-0.1, -0.05) is 6.07 Å². The van der Waals surface area contributed by atoms with Crippen molar-refractivity contribution in [3.63, 3.8) is 0 Å². The van der Waals surface area contributed by atoms with Gasteiger partial charge in [-0.2, -0.15) is 0 Å². The standard InChI is InChI=1S/C14H19N3O2S/c1-4-17(5-2)13(18)11-9(3)15-14(19)16-12(11)10-7-6-8-20-10/h6-8,12H,4-5H2,1-3H3,(H2,15,16,19). The number of likely N-dealkylation sites (N-methyl/N-ethyl adjacent to an activating group) is 1. The molecule has 1 unspecified atom stereocenters. The van der Waals surface area contributed by atoms with Gasteiger partial charge in [0.05, 0.1) is 11.6 Å². The molecule has 0 bridgehead atoms. The zero-order valence-corrected chi connectivity index (χ0v) is 12.7. The van der Waals surface area contributed by atoms with E-state index in [1.54, 1.807) is 11.8 Å². The number of thiophene rings is 1. The normalized spacial score (nSPS) is 18.6. The molecular weight excluding hydrogens is 274 g/mol. The molecule has 20 heavy (non-hydrogen) atoms. The van der Waals surface area contributed by atoms with Crippen LogP contribution >= 0.6 is 11.3 Å². The number of allylic oxidation sites excluding steroid dienone is 1. The maximum absolute atomic E-state index is 12.7. The van der Waals surface area contributed by atoms with Crippen LogP contribution in [0.5, 0.6) is 0 Å². The van der Waals surface area contributed by atoms with E-state index in [2.05, 4.69) is 10.6 Å². The minimum Gasteiger partial charge on any atom is -0.339 e.